The Kier molecular flexibility index (Phi) is 8.68. The largest absolute Gasteiger partial charge is 0.310 e. The molecule has 4 nitrogen and oxygen atoms in total. The molecule has 0 unspecified atom stereocenters. The molecule has 0 fully saturated rings. The zero-order valence-electron chi connectivity index (χ0n) is 37.5. The molecule has 2 spiro atoms. The molecular formula is C65H42N4. The molecule has 2 aliphatic carbocycles. The van der Waals surface area contributed by atoms with Gasteiger partial charge in [0.25, 0.3) is 0 Å². The number of aromatic nitrogens is 3. The first-order chi connectivity index (χ1) is 34.2. The molecule has 0 saturated carbocycles. The van der Waals surface area contributed by atoms with Crippen LogP contribution in [0.2, 0.25) is 0 Å². The van der Waals surface area contributed by atoms with E-state index in [9.17, 15) is 0 Å². The lowest BCUT2D eigenvalue weighted by atomic mass is 9.50. The van der Waals surface area contributed by atoms with Crippen molar-refractivity contribution in [2.24, 2.45) is 0 Å². The molecule has 1 aliphatic heterocycles. The van der Waals surface area contributed by atoms with E-state index in [1.807, 2.05) is 36.4 Å². The number of hydrogen-bond donors (Lipinski definition) is 0. The summed E-state index contributed by atoms with van der Waals surface area (Å²) in [6.07, 6.45) is 0. The summed E-state index contributed by atoms with van der Waals surface area (Å²) >= 11 is 0. The molecule has 0 atom stereocenters. The molecule has 0 bridgehead atoms. The molecule has 3 aliphatic rings. The first-order valence-corrected chi connectivity index (χ1v) is 23.7. The van der Waals surface area contributed by atoms with Crippen LogP contribution in [0.1, 0.15) is 44.5 Å². The Morgan fingerprint density at radius 3 is 1.17 bits per heavy atom. The number of anilines is 3. The lowest BCUT2D eigenvalue weighted by molar-refractivity contribution is 0.619. The van der Waals surface area contributed by atoms with Crippen molar-refractivity contribution in [1.82, 2.24) is 15.0 Å². The van der Waals surface area contributed by atoms with Crippen LogP contribution in [0.5, 0.6) is 0 Å². The average molecular weight is 879 g/mol. The van der Waals surface area contributed by atoms with Gasteiger partial charge in [-0.05, 0) is 103 Å². The zero-order chi connectivity index (χ0) is 45.5. The Labute approximate surface area is 401 Å². The van der Waals surface area contributed by atoms with Gasteiger partial charge in [0.2, 0.25) is 0 Å². The highest BCUT2D eigenvalue weighted by molar-refractivity contribution is 5.95. The van der Waals surface area contributed by atoms with Gasteiger partial charge in [-0.15, -0.1) is 0 Å². The van der Waals surface area contributed by atoms with Gasteiger partial charge in [-0.3, -0.25) is 0 Å². The van der Waals surface area contributed by atoms with Crippen molar-refractivity contribution in [2.45, 2.75) is 10.8 Å². The van der Waals surface area contributed by atoms with Crippen LogP contribution in [-0.4, -0.2) is 15.0 Å². The smallest absolute Gasteiger partial charge is 0.164 e. The summed E-state index contributed by atoms with van der Waals surface area (Å²) in [5, 5.41) is 0. The highest BCUT2D eigenvalue weighted by Crippen LogP contribution is 2.67. The van der Waals surface area contributed by atoms with E-state index in [0.29, 0.717) is 17.5 Å². The first-order valence-electron chi connectivity index (χ1n) is 23.7. The maximum absolute atomic E-state index is 5.13. The number of benzene rings is 10. The summed E-state index contributed by atoms with van der Waals surface area (Å²) in [4.78, 5) is 17.7. The molecule has 11 aromatic rings. The standard InChI is InChI=1S/C65H42N4/c1-4-21-43(22-5-1)61-66-62(44-23-6-2-7-24-44)68-63(67-61)47-26-20-25-45(41-47)46-39-40-60-58(42-46)65(57-37-18-19-38-59(57)69(60)48-27-8-3-9-28-48)55-35-16-14-33-53(55)64(54-34-15-17-36-56(54)65)51-31-12-10-29-49(51)50-30-11-13-32-52(50)64/h1-42H. The molecular weight excluding hydrogens is 837 g/mol. The Bertz CT molecular complexity index is 3650. The Balaban J connectivity index is 1.04. The minimum absolute atomic E-state index is 0.537. The molecule has 1 aromatic heterocycles. The van der Waals surface area contributed by atoms with Crippen molar-refractivity contribution in [3.8, 4) is 56.4 Å². The summed E-state index contributed by atoms with van der Waals surface area (Å²) in [6.45, 7) is 0. The first kappa shape index (κ1) is 39.2. The van der Waals surface area contributed by atoms with Gasteiger partial charge in [0.15, 0.2) is 17.5 Å². The number of rotatable bonds is 5. The second-order valence-corrected chi connectivity index (χ2v) is 18.2. The Morgan fingerprint density at radius 1 is 0.246 bits per heavy atom. The highest BCUT2D eigenvalue weighted by Gasteiger charge is 2.58. The van der Waals surface area contributed by atoms with Crippen LogP contribution >= 0.6 is 0 Å². The van der Waals surface area contributed by atoms with E-state index < -0.39 is 10.8 Å². The predicted octanol–water partition coefficient (Wildman–Crippen LogP) is 15.4. The molecule has 69 heavy (non-hydrogen) atoms. The summed E-state index contributed by atoms with van der Waals surface area (Å²) in [5.41, 5.74) is 20.0. The molecule has 0 radical (unpaired) electrons. The SMILES string of the molecule is c1ccc(-c2nc(-c3ccccc3)nc(-c3cccc(-c4ccc5c(c4)C4(c6ccccc6N5c5ccccc5)c5ccccc5C5(c6ccccc6-c6ccccc65)c5ccccc54)c3)n2)cc1. The average Bonchev–Trinajstić information content (AvgIpc) is 3.73. The molecule has 4 heteroatoms. The molecule has 10 aromatic carbocycles. The molecule has 0 N–H and O–H groups in total. The van der Waals surface area contributed by atoms with Crippen molar-refractivity contribution in [3.05, 3.63) is 299 Å². The second-order valence-electron chi connectivity index (χ2n) is 18.2. The monoisotopic (exact) mass is 878 g/mol. The van der Waals surface area contributed by atoms with E-state index in [2.05, 4.69) is 223 Å². The maximum Gasteiger partial charge on any atom is 0.164 e. The highest BCUT2D eigenvalue weighted by atomic mass is 15.2. The summed E-state index contributed by atoms with van der Waals surface area (Å²) < 4.78 is 0. The van der Waals surface area contributed by atoms with Gasteiger partial charge < -0.3 is 4.90 Å². The van der Waals surface area contributed by atoms with E-state index in [4.69, 9.17) is 15.0 Å². The summed E-state index contributed by atoms with van der Waals surface area (Å²) in [7, 11) is 0. The zero-order valence-corrected chi connectivity index (χ0v) is 37.5. The Morgan fingerprint density at radius 2 is 0.623 bits per heavy atom. The lowest BCUT2D eigenvalue weighted by Crippen LogP contribution is -2.47. The van der Waals surface area contributed by atoms with Crippen LogP contribution < -0.4 is 4.90 Å². The molecule has 2 heterocycles. The van der Waals surface area contributed by atoms with Crippen molar-refractivity contribution in [2.75, 3.05) is 4.90 Å². The van der Waals surface area contributed by atoms with Crippen LogP contribution in [0.25, 0.3) is 56.4 Å². The summed E-state index contributed by atoms with van der Waals surface area (Å²) in [5.74, 6) is 1.90. The van der Waals surface area contributed by atoms with E-state index in [0.717, 1.165) is 44.9 Å². The number of nitrogens with zero attached hydrogens (tertiary/aromatic N) is 4. The third-order valence-corrected chi connectivity index (χ3v) is 14.8. The molecule has 0 amide bonds. The maximum atomic E-state index is 5.13. The second kappa shape index (κ2) is 15.3. The topological polar surface area (TPSA) is 41.9 Å². The van der Waals surface area contributed by atoms with Crippen LogP contribution in [0.4, 0.5) is 17.1 Å². The minimum Gasteiger partial charge on any atom is -0.310 e. The fraction of sp³-hybridized carbons (Fsp3) is 0.0308. The predicted molar refractivity (Wildman–Crippen MR) is 279 cm³/mol. The van der Waals surface area contributed by atoms with Gasteiger partial charge in [-0.1, -0.05) is 218 Å². The van der Waals surface area contributed by atoms with Crippen LogP contribution in [-0.2, 0) is 10.8 Å². The lowest BCUT2D eigenvalue weighted by Gasteiger charge is -2.53. The van der Waals surface area contributed by atoms with Crippen LogP contribution in [0, 0.1) is 0 Å². The van der Waals surface area contributed by atoms with Gasteiger partial charge in [0.05, 0.1) is 22.2 Å². The Hall–Kier alpha value is -8.99. The number of para-hydroxylation sites is 2. The van der Waals surface area contributed by atoms with E-state index in [1.54, 1.807) is 0 Å². The number of fused-ring (bicyclic) bond motifs is 15. The van der Waals surface area contributed by atoms with Crippen LogP contribution in [0.15, 0.2) is 255 Å². The van der Waals surface area contributed by atoms with Gasteiger partial charge in [0, 0.05) is 22.4 Å². The van der Waals surface area contributed by atoms with Crippen LogP contribution in [0.3, 0.4) is 0 Å². The molecule has 14 rings (SSSR count). The van der Waals surface area contributed by atoms with Crippen molar-refractivity contribution in [1.29, 1.82) is 0 Å². The van der Waals surface area contributed by atoms with Crippen molar-refractivity contribution < 1.29 is 0 Å². The molecule has 322 valence electrons. The van der Waals surface area contributed by atoms with Gasteiger partial charge >= 0.3 is 0 Å². The number of hydrogen-bond acceptors (Lipinski definition) is 4. The quantitative estimate of drug-likeness (QED) is 0.173. The van der Waals surface area contributed by atoms with E-state index in [-0.39, 0.29) is 0 Å². The molecule has 0 saturated heterocycles. The van der Waals surface area contributed by atoms with E-state index in [1.165, 1.54) is 55.6 Å². The third-order valence-electron chi connectivity index (χ3n) is 14.8. The van der Waals surface area contributed by atoms with Crippen molar-refractivity contribution >= 4 is 17.1 Å². The van der Waals surface area contributed by atoms with Gasteiger partial charge in [-0.2, -0.15) is 0 Å². The minimum atomic E-state index is -0.709. The fourth-order valence-corrected chi connectivity index (χ4v) is 12.1. The van der Waals surface area contributed by atoms with Gasteiger partial charge in [-0.25, -0.2) is 15.0 Å². The third kappa shape index (κ3) is 5.60. The normalized spacial score (nSPS) is 14.0. The van der Waals surface area contributed by atoms with Crippen molar-refractivity contribution in [3.63, 3.8) is 0 Å². The summed E-state index contributed by atoms with van der Waals surface area (Å²) in [6, 6.07) is 92.8. The fourth-order valence-electron chi connectivity index (χ4n) is 12.1. The van der Waals surface area contributed by atoms with E-state index >= 15 is 0 Å². The van der Waals surface area contributed by atoms with Gasteiger partial charge in [0.1, 0.15) is 0 Å².